The Hall–Kier alpha value is -1.26. The lowest BCUT2D eigenvalue weighted by molar-refractivity contribution is -0.139. The van der Waals surface area contributed by atoms with Gasteiger partial charge < -0.3 is 15.3 Å². The fourth-order valence-corrected chi connectivity index (χ4v) is 3.00. The molecular weight excluding hydrogens is 244 g/mol. The van der Waals surface area contributed by atoms with Crippen molar-refractivity contribution in [2.24, 2.45) is 0 Å². The van der Waals surface area contributed by atoms with E-state index in [-0.39, 0.29) is 12.5 Å². The first kappa shape index (κ1) is 14.2. The molecule has 1 aliphatic carbocycles. The molecule has 2 fully saturated rings. The topological polar surface area (TPSA) is 69.6 Å². The van der Waals surface area contributed by atoms with E-state index in [1.165, 1.54) is 19.3 Å². The Morgan fingerprint density at radius 1 is 1.00 bits per heavy atom. The largest absolute Gasteiger partial charge is 0.481 e. The number of carboxylic acid groups (broad SMARTS) is 1. The molecule has 108 valence electrons. The van der Waals surface area contributed by atoms with Gasteiger partial charge in [-0.3, -0.25) is 4.79 Å². The van der Waals surface area contributed by atoms with Crippen LogP contribution in [0.4, 0.5) is 4.79 Å². The zero-order valence-corrected chi connectivity index (χ0v) is 11.5. The summed E-state index contributed by atoms with van der Waals surface area (Å²) in [6.07, 6.45) is 8.38. The van der Waals surface area contributed by atoms with Crippen LogP contribution < -0.4 is 5.32 Å². The number of urea groups is 1. The van der Waals surface area contributed by atoms with Crippen molar-refractivity contribution < 1.29 is 14.7 Å². The highest BCUT2D eigenvalue weighted by molar-refractivity contribution is 5.77. The van der Waals surface area contributed by atoms with Crippen molar-refractivity contribution in [3.8, 4) is 0 Å². The Morgan fingerprint density at radius 3 is 2.05 bits per heavy atom. The second kappa shape index (κ2) is 6.26. The molecule has 5 heteroatoms. The van der Waals surface area contributed by atoms with Crippen LogP contribution in [0.2, 0.25) is 0 Å². The smallest absolute Gasteiger partial charge is 0.317 e. The fourth-order valence-electron chi connectivity index (χ4n) is 3.00. The summed E-state index contributed by atoms with van der Waals surface area (Å²) in [4.78, 5) is 25.0. The van der Waals surface area contributed by atoms with Crippen molar-refractivity contribution in [3.05, 3.63) is 0 Å². The summed E-state index contributed by atoms with van der Waals surface area (Å²) in [6, 6.07) is -0.0668. The second-order valence-corrected chi connectivity index (χ2v) is 5.89. The minimum Gasteiger partial charge on any atom is -0.481 e. The molecule has 2 rings (SSSR count). The van der Waals surface area contributed by atoms with Gasteiger partial charge in [-0.15, -0.1) is 0 Å². The highest BCUT2D eigenvalue weighted by atomic mass is 16.4. The van der Waals surface area contributed by atoms with Crippen molar-refractivity contribution in [1.82, 2.24) is 10.2 Å². The molecule has 0 aromatic carbocycles. The molecule has 0 spiro atoms. The Balaban J connectivity index is 1.89. The maximum atomic E-state index is 12.3. The Bertz CT molecular complexity index is 332. The minimum absolute atomic E-state index is 0.0482. The van der Waals surface area contributed by atoms with E-state index in [2.05, 4.69) is 5.32 Å². The van der Waals surface area contributed by atoms with Crippen molar-refractivity contribution in [3.63, 3.8) is 0 Å². The first-order chi connectivity index (χ1) is 9.11. The number of aliphatic carboxylic acids is 1. The normalized spacial score (nSPS) is 22.8. The second-order valence-electron chi connectivity index (χ2n) is 5.89. The van der Waals surface area contributed by atoms with Crippen LogP contribution in [0.1, 0.15) is 57.8 Å². The standard InChI is InChI=1S/C14H24N2O3/c17-12(18)11-14(7-6-8-14)15-13(19)16-9-4-2-1-3-5-10-16/h1-11H2,(H,15,19)(H,17,18). The molecule has 19 heavy (non-hydrogen) atoms. The zero-order chi connectivity index (χ0) is 13.7. The van der Waals surface area contributed by atoms with E-state index in [1.54, 1.807) is 0 Å². The first-order valence-corrected chi connectivity index (χ1v) is 7.40. The lowest BCUT2D eigenvalue weighted by atomic mass is 9.74. The van der Waals surface area contributed by atoms with Crippen LogP contribution in [-0.4, -0.2) is 40.6 Å². The minimum atomic E-state index is -0.826. The first-order valence-electron chi connectivity index (χ1n) is 7.40. The molecule has 0 radical (unpaired) electrons. The van der Waals surface area contributed by atoms with Crippen LogP contribution in [0.15, 0.2) is 0 Å². The van der Waals surface area contributed by atoms with Crippen LogP contribution >= 0.6 is 0 Å². The Morgan fingerprint density at radius 2 is 1.58 bits per heavy atom. The molecule has 0 aromatic rings. The van der Waals surface area contributed by atoms with Gasteiger partial charge in [-0.25, -0.2) is 4.79 Å². The average Bonchev–Trinajstić information content (AvgIpc) is 2.24. The summed E-state index contributed by atoms with van der Waals surface area (Å²) in [7, 11) is 0. The summed E-state index contributed by atoms with van der Waals surface area (Å²) in [6.45, 7) is 1.60. The van der Waals surface area contributed by atoms with Gasteiger partial charge in [0, 0.05) is 13.1 Å². The van der Waals surface area contributed by atoms with Gasteiger partial charge in [0.25, 0.3) is 0 Å². The van der Waals surface area contributed by atoms with Crippen molar-refractivity contribution in [2.45, 2.75) is 63.3 Å². The number of nitrogens with one attached hydrogen (secondary N) is 1. The van der Waals surface area contributed by atoms with Gasteiger partial charge in [0.15, 0.2) is 0 Å². The van der Waals surface area contributed by atoms with Gasteiger partial charge in [-0.2, -0.15) is 0 Å². The molecule has 1 saturated carbocycles. The lowest BCUT2D eigenvalue weighted by Crippen LogP contribution is -2.58. The van der Waals surface area contributed by atoms with Crippen LogP contribution in [-0.2, 0) is 4.79 Å². The van der Waals surface area contributed by atoms with Gasteiger partial charge in [0.2, 0.25) is 0 Å². The average molecular weight is 268 g/mol. The number of carbonyl (C=O) groups is 2. The maximum Gasteiger partial charge on any atom is 0.317 e. The van der Waals surface area contributed by atoms with E-state index in [0.29, 0.717) is 0 Å². The van der Waals surface area contributed by atoms with E-state index in [4.69, 9.17) is 5.11 Å². The molecule has 2 N–H and O–H groups in total. The van der Waals surface area contributed by atoms with Crippen LogP contribution in [0.3, 0.4) is 0 Å². The third-order valence-electron chi connectivity index (χ3n) is 4.32. The molecule has 0 aromatic heterocycles. The highest BCUT2D eigenvalue weighted by Gasteiger charge is 2.41. The molecule has 5 nitrogen and oxygen atoms in total. The number of rotatable bonds is 3. The summed E-state index contributed by atoms with van der Waals surface area (Å²) < 4.78 is 0. The van der Waals surface area contributed by atoms with Gasteiger partial charge in [-0.1, -0.05) is 19.3 Å². The number of carbonyl (C=O) groups excluding carboxylic acids is 1. The van der Waals surface area contributed by atoms with Crippen LogP contribution in [0, 0.1) is 0 Å². The van der Waals surface area contributed by atoms with Crippen LogP contribution in [0.5, 0.6) is 0 Å². The number of hydrogen-bond donors (Lipinski definition) is 2. The third-order valence-corrected chi connectivity index (χ3v) is 4.32. The molecule has 0 unspecified atom stereocenters. The highest BCUT2D eigenvalue weighted by Crippen LogP contribution is 2.35. The van der Waals surface area contributed by atoms with E-state index in [0.717, 1.165) is 45.2 Å². The quantitative estimate of drug-likeness (QED) is 0.825. The molecule has 0 bridgehead atoms. The molecule has 1 heterocycles. The molecule has 2 aliphatic rings. The monoisotopic (exact) mass is 268 g/mol. The van der Waals surface area contributed by atoms with Gasteiger partial charge >= 0.3 is 12.0 Å². The van der Waals surface area contributed by atoms with Crippen molar-refractivity contribution in [1.29, 1.82) is 0 Å². The number of likely N-dealkylation sites (tertiary alicyclic amines) is 1. The van der Waals surface area contributed by atoms with E-state index < -0.39 is 11.5 Å². The fraction of sp³-hybridized carbons (Fsp3) is 0.857. The van der Waals surface area contributed by atoms with Crippen molar-refractivity contribution >= 4 is 12.0 Å². The molecule has 2 amide bonds. The number of carboxylic acids is 1. The molecule has 0 atom stereocenters. The summed E-state index contributed by atoms with van der Waals surface area (Å²) in [5.41, 5.74) is -0.481. The van der Waals surface area contributed by atoms with Crippen molar-refractivity contribution in [2.75, 3.05) is 13.1 Å². The third kappa shape index (κ3) is 3.85. The van der Waals surface area contributed by atoms with E-state index in [1.807, 2.05) is 4.90 Å². The molecule has 1 aliphatic heterocycles. The summed E-state index contributed by atoms with van der Waals surface area (Å²) in [5.74, 6) is -0.826. The maximum absolute atomic E-state index is 12.3. The van der Waals surface area contributed by atoms with Gasteiger partial charge in [0.05, 0.1) is 12.0 Å². The SMILES string of the molecule is O=C(O)CC1(NC(=O)N2CCCCCCC2)CCC1. The number of hydrogen-bond acceptors (Lipinski definition) is 2. The van der Waals surface area contributed by atoms with Gasteiger partial charge in [-0.05, 0) is 32.1 Å². The summed E-state index contributed by atoms with van der Waals surface area (Å²) >= 11 is 0. The Kier molecular flexibility index (Phi) is 4.66. The van der Waals surface area contributed by atoms with E-state index in [9.17, 15) is 9.59 Å². The van der Waals surface area contributed by atoms with E-state index >= 15 is 0 Å². The summed E-state index contributed by atoms with van der Waals surface area (Å²) in [5, 5.41) is 11.9. The Labute approximate surface area is 114 Å². The molecular formula is C14H24N2O3. The number of nitrogens with zero attached hydrogens (tertiary/aromatic N) is 1. The number of amides is 2. The molecule has 1 saturated heterocycles. The zero-order valence-electron chi connectivity index (χ0n) is 11.5. The van der Waals surface area contributed by atoms with Crippen LogP contribution in [0.25, 0.3) is 0 Å². The predicted molar refractivity (Wildman–Crippen MR) is 72.0 cm³/mol. The lowest BCUT2D eigenvalue weighted by Gasteiger charge is -2.42. The predicted octanol–water partition coefficient (Wildman–Crippen LogP) is 2.36. The van der Waals surface area contributed by atoms with Gasteiger partial charge in [0.1, 0.15) is 0 Å².